The van der Waals surface area contributed by atoms with Crippen LogP contribution in [-0.4, -0.2) is 27.6 Å². The van der Waals surface area contributed by atoms with Gasteiger partial charge in [0.15, 0.2) is 0 Å². The molecular weight excluding hydrogens is 264 g/mol. The van der Waals surface area contributed by atoms with E-state index in [1.165, 1.54) is 0 Å². The molecule has 0 aliphatic rings. The minimum Gasteiger partial charge on any atom is -0.390 e. The van der Waals surface area contributed by atoms with E-state index in [0.29, 0.717) is 19.1 Å². The van der Waals surface area contributed by atoms with Gasteiger partial charge in [0.25, 0.3) is 0 Å². The lowest BCUT2D eigenvalue weighted by Crippen LogP contribution is -2.24. The number of aliphatic hydroxyl groups is 1. The zero-order valence-corrected chi connectivity index (χ0v) is 12.9. The molecule has 0 aliphatic heterocycles. The second-order valence-electron chi connectivity index (χ2n) is 5.44. The Balaban J connectivity index is 2.09. The molecule has 0 radical (unpaired) electrons. The van der Waals surface area contributed by atoms with Crippen LogP contribution in [0.4, 0.5) is 0 Å². The van der Waals surface area contributed by atoms with Crippen LogP contribution < -0.4 is 0 Å². The van der Waals surface area contributed by atoms with Gasteiger partial charge in [-0.05, 0) is 32.4 Å². The first-order chi connectivity index (χ1) is 10.1. The Morgan fingerprint density at radius 1 is 1.19 bits per heavy atom. The fraction of sp³-hybridized carbons (Fsp3) is 0.471. The van der Waals surface area contributed by atoms with Crippen molar-refractivity contribution in [3.8, 4) is 0 Å². The molecule has 2 rings (SSSR count). The third-order valence-corrected chi connectivity index (χ3v) is 3.43. The molecule has 114 valence electrons. The zero-order valence-electron chi connectivity index (χ0n) is 12.9. The molecule has 0 saturated carbocycles. The summed E-state index contributed by atoms with van der Waals surface area (Å²) in [5, 5.41) is 15.0. The Kier molecular flexibility index (Phi) is 5.53. The van der Waals surface area contributed by atoms with E-state index in [1.807, 2.05) is 54.2 Å². The van der Waals surface area contributed by atoms with Crippen molar-refractivity contribution in [1.82, 2.24) is 9.78 Å². The van der Waals surface area contributed by atoms with Gasteiger partial charge in [-0.15, -0.1) is 0 Å². The summed E-state index contributed by atoms with van der Waals surface area (Å²) in [6, 6.07) is 12.1. The third kappa shape index (κ3) is 4.16. The van der Waals surface area contributed by atoms with Crippen LogP contribution >= 0.6 is 0 Å². The van der Waals surface area contributed by atoms with E-state index in [-0.39, 0.29) is 6.10 Å². The molecule has 0 spiro atoms. The molecule has 1 aromatic heterocycles. The average Bonchev–Trinajstić information content (AvgIpc) is 2.94. The maximum atomic E-state index is 10.5. The first kappa shape index (κ1) is 15.7. The maximum Gasteiger partial charge on any atom is 0.109 e. The average molecular weight is 288 g/mol. The largest absolute Gasteiger partial charge is 0.390 e. The van der Waals surface area contributed by atoms with Gasteiger partial charge in [-0.25, -0.2) is 0 Å². The van der Waals surface area contributed by atoms with Crippen LogP contribution in [0.1, 0.15) is 44.2 Å². The Bertz CT molecular complexity index is 537. The molecular formula is C17H24N2O2. The van der Waals surface area contributed by atoms with Crippen LogP contribution in [0.15, 0.2) is 42.6 Å². The van der Waals surface area contributed by atoms with E-state index in [1.54, 1.807) is 0 Å². The minimum absolute atomic E-state index is 0.319. The molecule has 0 amide bonds. The Morgan fingerprint density at radius 3 is 2.48 bits per heavy atom. The molecule has 2 unspecified atom stereocenters. The van der Waals surface area contributed by atoms with Gasteiger partial charge in [0, 0.05) is 25.3 Å². The molecule has 1 heterocycles. The summed E-state index contributed by atoms with van der Waals surface area (Å²) in [5.74, 6) is 0. The number of hydrogen-bond donors (Lipinski definition) is 1. The van der Waals surface area contributed by atoms with Crippen LogP contribution in [0.5, 0.6) is 0 Å². The molecule has 0 saturated heterocycles. The van der Waals surface area contributed by atoms with Crippen LogP contribution in [0, 0.1) is 0 Å². The van der Waals surface area contributed by atoms with Gasteiger partial charge in [-0.2, -0.15) is 5.10 Å². The van der Waals surface area contributed by atoms with E-state index in [2.05, 4.69) is 18.9 Å². The summed E-state index contributed by atoms with van der Waals surface area (Å²) in [6.45, 7) is 6.67. The normalized spacial score (nSPS) is 14.3. The highest BCUT2D eigenvalue weighted by atomic mass is 16.5. The number of rotatable bonds is 7. The number of aromatic nitrogens is 2. The van der Waals surface area contributed by atoms with Gasteiger partial charge in [-0.3, -0.25) is 4.68 Å². The van der Waals surface area contributed by atoms with E-state index in [4.69, 9.17) is 4.74 Å². The number of nitrogens with zero attached hydrogens (tertiary/aromatic N) is 2. The van der Waals surface area contributed by atoms with E-state index >= 15 is 0 Å². The summed E-state index contributed by atoms with van der Waals surface area (Å²) in [5.41, 5.74) is 1.88. The lowest BCUT2D eigenvalue weighted by Gasteiger charge is -2.22. The topological polar surface area (TPSA) is 47.3 Å². The predicted octanol–water partition coefficient (Wildman–Crippen LogP) is 3.15. The minimum atomic E-state index is -0.608. The highest BCUT2D eigenvalue weighted by molar-refractivity contribution is 5.19. The number of ether oxygens (including phenoxy) is 1. The fourth-order valence-electron chi connectivity index (χ4n) is 2.35. The molecule has 0 fully saturated rings. The molecule has 1 aromatic carbocycles. The third-order valence-electron chi connectivity index (χ3n) is 3.43. The zero-order chi connectivity index (χ0) is 15.2. The first-order valence-electron chi connectivity index (χ1n) is 7.50. The Morgan fingerprint density at radius 2 is 1.90 bits per heavy atom. The lowest BCUT2D eigenvalue weighted by molar-refractivity contribution is -0.0344. The lowest BCUT2D eigenvalue weighted by atomic mass is 10.0. The summed E-state index contributed by atoms with van der Waals surface area (Å²) < 4.78 is 7.63. The molecule has 2 atom stereocenters. The Hall–Kier alpha value is -1.65. The monoisotopic (exact) mass is 288 g/mol. The first-order valence-corrected chi connectivity index (χ1v) is 7.50. The summed E-state index contributed by atoms with van der Waals surface area (Å²) in [6.07, 6.45) is 1.51. The second kappa shape index (κ2) is 7.38. The molecule has 1 N–H and O–H groups in total. The van der Waals surface area contributed by atoms with Crippen LogP contribution in [-0.2, 0) is 11.2 Å². The standard InChI is InChI=1S/C17H24N2O2/c1-4-21-17(14-8-6-5-7-9-14)16(20)12-15-10-11-19(18-15)13(2)3/h5-11,13,16-17,20H,4,12H2,1-3H3. The predicted molar refractivity (Wildman–Crippen MR) is 83.1 cm³/mol. The quantitative estimate of drug-likeness (QED) is 0.851. The number of aliphatic hydroxyl groups excluding tert-OH is 1. The van der Waals surface area contributed by atoms with Gasteiger partial charge in [0.05, 0.1) is 11.8 Å². The van der Waals surface area contributed by atoms with Crippen molar-refractivity contribution >= 4 is 0 Å². The molecule has 4 heteroatoms. The van der Waals surface area contributed by atoms with Gasteiger partial charge >= 0.3 is 0 Å². The van der Waals surface area contributed by atoms with Crippen LogP contribution in [0.3, 0.4) is 0 Å². The van der Waals surface area contributed by atoms with Crippen LogP contribution in [0.25, 0.3) is 0 Å². The van der Waals surface area contributed by atoms with Crippen molar-refractivity contribution in [1.29, 1.82) is 0 Å². The Labute approximate surface area is 126 Å². The molecule has 4 nitrogen and oxygen atoms in total. The summed E-state index contributed by atoms with van der Waals surface area (Å²) in [7, 11) is 0. The maximum absolute atomic E-state index is 10.5. The summed E-state index contributed by atoms with van der Waals surface area (Å²) >= 11 is 0. The molecule has 0 aliphatic carbocycles. The molecule has 21 heavy (non-hydrogen) atoms. The van der Waals surface area contributed by atoms with E-state index in [9.17, 15) is 5.11 Å². The van der Waals surface area contributed by atoms with Crippen molar-refractivity contribution in [2.45, 2.75) is 45.4 Å². The highest BCUT2D eigenvalue weighted by Crippen LogP contribution is 2.23. The fourth-order valence-corrected chi connectivity index (χ4v) is 2.35. The van der Waals surface area contributed by atoms with E-state index in [0.717, 1.165) is 11.3 Å². The van der Waals surface area contributed by atoms with E-state index < -0.39 is 6.10 Å². The van der Waals surface area contributed by atoms with Crippen molar-refractivity contribution < 1.29 is 9.84 Å². The smallest absolute Gasteiger partial charge is 0.109 e. The molecule has 2 aromatic rings. The van der Waals surface area contributed by atoms with Crippen molar-refractivity contribution in [3.05, 3.63) is 53.9 Å². The number of benzene rings is 1. The van der Waals surface area contributed by atoms with Gasteiger partial charge < -0.3 is 9.84 Å². The molecule has 0 bridgehead atoms. The highest BCUT2D eigenvalue weighted by Gasteiger charge is 2.22. The second-order valence-corrected chi connectivity index (χ2v) is 5.44. The van der Waals surface area contributed by atoms with Gasteiger partial charge in [-0.1, -0.05) is 30.3 Å². The van der Waals surface area contributed by atoms with Crippen molar-refractivity contribution in [3.63, 3.8) is 0 Å². The van der Waals surface area contributed by atoms with Crippen molar-refractivity contribution in [2.24, 2.45) is 0 Å². The van der Waals surface area contributed by atoms with Crippen LogP contribution in [0.2, 0.25) is 0 Å². The van der Waals surface area contributed by atoms with Crippen molar-refractivity contribution in [2.75, 3.05) is 6.61 Å². The SMILES string of the molecule is CCOC(c1ccccc1)C(O)Cc1ccn(C(C)C)n1. The van der Waals surface area contributed by atoms with Gasteiger partial charge in [0.2, 0.25) is 0 Å². The van der Waals surface area contributed by atoms with Gasteiger partial charge in [0.1, 0.15) is 6.10 Å². The number of hydrogen-bond acceptors (Lipinski definition) is 3. The summed E-state index contributed by atoms with van der Waals surface area (Å²) in [4.78, 5) is 0.